The number of amides is 1. The van der Waals surface area contributed by atoms with Gasteiger partial charge in [0, 0.05) is 29.2 Å². The highest BCUT2D eigenvalue weighted by Gasteiger charge is 2.46. The second-order valence-electron chi connectivity index (χ2n) is 11.2. The number of aromatic amines is 1. The Kier molecular flexibility index (Phi) is 6.81. The first-order valence-corrected chi connectivity index (χ1v) is 13.2. The second kappa shape index (κ2) is 10.1. The monoisotopic (exact) mass is 522 g/mol. The van der Waals surface area contributed by atoms with Gasteiger partial charge in [-0.05, 0) is 53.6 Å². The van der Waals surface area contributed by atoms with Crippen LogP contribution in [0.1, 0.15) is 54.6 Å². The van der Waals surface area contributed by atoms with Gasteiger partial charge in [0.1, 0.15) is 11.5 Å². The molecule has 0 aliphatic carbocycles. The summed E-state index contributed by atoms with van der Waals surface area (Å²) in [6.45, 7) is 8.69. The number of aryl methyl sites for hydroxylation is 1. The molecular formula is C33H34N2O4. The molecule has 4 aromatic rings. The smallest absolute Gasteiger partial charge is 0.295 e. The van der Waals surface area contributed by atoms with E-state index in [2.05, 4.69) is 25.8 Å². The van der Waals surface area contributed by atoms with Crippen molar-refractivity contribution in [3.63, 3.8) is 0 Å². The number of aromatic nitrogens is 1. The Bertz CT molecular complexity index is 1570. The summed E-state index contributed by atoms with van der Waals surface area (Å²) in [4.78, 5) is 31.7. The molecule has 0 unspecified atom stereocenters. The van der Waals surface area contributed by atoms with Crippen LogP contribution >= 0.6 is 0 Å². The third-order valence-electron chi connectivity index (χ3n) is 7.55. The van der Waals surface area contributed by atoms with E-state index in [4.69, 9.17) is 4.74 Å². The van der Waals surface area contributed by atoms with Gasteiger partial charge in [0.15, 0.2) is 0 Å². The molecule has 6 nitrogen and oxygen atoms in total. The number of nitrogens with one attached hydrogen (secondary N) is 1. The summed E-state index contributed by atoms with van der Waals surface area (Å²) in [7, 11) is 1.63. The fourth-order valence-electron chi connectivity index (χ4n) is 5.22. The molecule has 1 fully saturated rings. The summed E-state index contributed by atoms with van der Waals surface area (Å²) in [5, 5.41) is 12.4. The highest BCUT2D eigenvalue weighted by atomic mass is 16.5. The predicted molar refractivity (Wildman–Crippen MR) is 154 cm³/mol. The van der Waals surface area contributed by atoms with Gasteiger partial charge in [-0.25, -0.2) is 0 Å². The van der Waals surface area contributed by atoms with Crippen LogP contribution in [0.4, 0.5) is 0 Å². The van der Waals surface area contributed by atoms with Gasteiger partial charge in [0.2, 0.25) is 0 Å². The average Bonchev–Trinajstić information content (AvgIpc) is 3.44. The minimum absolute atomic E-state index is 0.0430. The van der Waals surface area contributed by atoms with E-state index in [0.29, 0.717) is 18.5 Å². The number of ether oxygens (including phenoxy) is 1. The lowest BCUT2D eigenvalue weighted by atomic mass is 9.85. The van der Waals surface area contributed by atoms with E-state index in [1.165, 1.54) is 0 Å². The number of benzene rings is 3. The van der Waals surface area contributed by atoms with Crippen molar-refractivity contribution in [3.8, 4) is 5.75 Å². The minimum Gasteiger partial charge on any atom is -0.507 e. The Labute approximate surface area is 228 Å². The van der Waals surface area contributed by atoms with E-state index in [-0.39, 0.29) is 16.7 Å². The third-order valence-corrected chi connectivity index (χ3v) is 7.55. The fraction of sp³-hybridized carbons (Fsp3) is 0.273. The maximum atomic E-state index is 13.4. The number of methoxy groups -OCH3 is 1. The molecule has 0 bridgehead atoms. The first-order chi connectivity index (χ1) is 18.6. The van der Waals surface area contributed by atoms with Gasteiger partial charge in [0.25, 0.3) is 11.7 Å². The van der Waals surface area contributed by atoms with E-state index >= 15 is 0 Å². The molecule has 0 saturated carbocycles. The zero-order chi connectivity index (χ0) is 27.9. The molecule has 1 amide bonds. The standard InChI is InChI=1S/C33H34N2O4/c1-20-6-8-22(9-7-20)30(36)28-29(21-10-12-24(13-11-21)33(2,3)4)35(32(38)31(28)37)17-16-23-19-34-27-15-14-25(39-5)18-26(23)27/h6-15,18-19,29,34,36H,16-17H2,1-5H3/t29-/m1/s1. The van der Waals surface area contributed by atoms with Crippen molar-refractivity contribution >= 4 is 28.4 Å². The molecule has 1 aromatic heterocycles. The molecule has 0 radical (unpaired) electrons. The highest BCUT2D eigenvalue weighted by Crippen LogP contribution is 2.40. The number of likely N-dealkylation sites (tertiary alicyclic amines) is 1. The van der Waals surface area contributed by atoms with Crippen LogP contribution in [0.5, 0.6) is 5.75 Å². The highest BCUT2D eigenvalue weighted by molar-refractivity contribution is 6.46. The second-order valence-corrected chi connectivity index (χ2v) is 11.2. The van der Waals surface area contributed by atoms with Crippen LogP contribution in [0.2, 0.25) is 0 Å². The molecule has 1 saturated heterocycles. The maximum Gasteiger partial charge on any atom is 0.295 e. The predicted octanol–water partition coefficient (Wildman–Crippen LogP) is 6.45. The molecule has 2 N–H and O–H groups in total. The molecule has 200 valence electrons. The molecule has 1 aliphatic rings. The van der Waals surface area contributed by atoms with Crippen molar-refractivity contribution in [1.29, 1.82) is 0 Å². The molecule has 6 heteroatoms. The lowest BCUT2D eigenvalue weighted by Crippen LogP contribution is -2.31. The zero-order valence-electron chi connectivity index (χ0n) is 23.0. The van der Waals surface area contributed by atoms with Gasteiger partial charge in [0.05, 0.1) is 18.7 Å². The van der Waals surface area contributed by atoms with Gasteiger partial charge >= 0.3 is 0 Å². The molecule has 1 aliphatic heterocycles. The minimum atomic E-state index is -0.694. The van der Waals surface area contributed by atoms with Crippen LogP contribution < -0.4 is 4.74 Å². The van der Waals surface area contributed by atoms with Crippen molar-refractivity contribution in [2.24, 2.45) is 0 Å². The van der Waals surface area contributed by atoms with E-state index in [1.807, 2.05) is 67.7 Å². The van der Waals surface area contributed by atoms with E-state index in [0.717, 1.165) is 38.9 Å². The molecule has 3 aromatic carbocycles. The third kappa shape index (κ3) is 4.94. The quantitative estimate of drug-likeness (QED) is 0.173. The zero-order valence-corrected chi connectivity index (χ0v) is 23.0. The molecule has 0 spiro atoms. The van der Waals surface area contributed by atoms with Crippen LogP contribution in [-0.4, -0.2) is 40.3 Å². The van der Waals surface area contributed by atoms with E-state index < -0.39 is 17.7 Å². The van der Waals surface area contributed by atoms with Crippen LogP contribution in [-0.2, 0) is 21.4 Å². The Morgan fingerprint density at radius 2 is 1.69 bits per heavy atom. The number of aliphatic hydroxyl groups is 1. The van der Waals surface area contributed by atoms with Crippen molar-refractivity contribution < 1.29 is 19.4 Å². The maximum absolute atomic E-state index is 13.4. The lowest BCUT2D eigenvalue weighted by Gasteiger charge is -2.26. The normalized spacial score (nSPS) is 17.3. The summed E-state index contributed by atoms with van der Waals surface area (Å²) in [6.07, 6.45) is 2.46. The molecule has 2 heterocycles. The summed E-state index contributed by atoms with van der Waals surface area (Å²) in [5.41, 5.74) is 5.56. The number of Topliss-reactive ketones (excluding diaryl/α,β-unsaturated/α-hetero) is 1. The molecule has 39 heavy (non-hydrogen) atoms. The fourth-order valence-corrected chi connectivity index (χ4v) is 5.22. The van der Waals surface area contributed by atoms with Crippen LogP contribution in [0, 0.1) is 6.92 Å². The number of aliphatic hydroxyl groups excluding tert-OH is 1. The summed E-state index contributed by atoms with van der Waals surface area (Å²) < 4.78 is 5.40. The SMILES string of the molecule is COc1ccc2[nH]cc(CCN3C(=O)C(=O)C(=C(O)c4ccc(C)cc4)[C@H]3c3ccc(C(C)(C)C)cc3)c2c1. The van der Waals surface area contributed by atoms with Crippen molar-refractivity contribution in [1.82, 2.24) is 9.88 Å². The number of rotatable bonds is 6. The Balaban J connectivity index is 1.56. The molecule has 1 atom stereocenters. The topological polar surface area (TPSA) is 82.6 Å². The van der Waals surface area contributed by atoms with Gasteiger partial charge < -0.3 is 19.7 Å². The number of H-pyrrole nitrogens is 1. The molecular weight excluding hydrogens is 488 g/mol. The Morgan fingerprint density at radius 3 is 2.33 bits per heavy atom. The first-order valence-electron chi connectivity index (χ1n) is 13.2. The summed E-state index contributed by atoms with van der Waals surface area (Å²) in [6, 6.07) is 20.4. The number of hydrogen-bond acceptors (Lipinski definition) is 4. The summed E-state index contributed by atoms with van der Waals surface area (Å²) in [5.74, 6) is -0.678. The Morgan fingerprint density at radius 1 is 1.00 bits per heavy atom. The number of carbonyl (C=O) groups excluding carboxylic acids is 2. The molecule has 5 rings (SSSR count). The van der Waals surface area contributed by atoms with Crippen LogP contribution in [0.25, 0.3) is 16.7 Å². The van der Waals surface area contributed by atoms with Gasteiger partial charge in [-0.3, -0.25) is 9.59 Å². The van der Waals surface area contributed by atoms with Crippen molar-refractivity contribution in [2.75, 3.05) is 13.7 Å². The van der Waals surface area contributed by atoms with Crippen molar-refractivity contribution in [3.05, 3.63) is 106 Å². The van der Waals surface area contributed by atoms with Crippen LogP contribution in [0.3, 0.4) is 0 Å². The van der Waals surface area contributed by atoms with Gasteiger partial charge in [-0.2, -0.15) is 0 Å². The van der Waals surface area contributed by atoms with Gasteiger partial charge in [-0.15, -0.1) is 0 Å². The average molecular weight is 523 g/mol. The van der Waals surface area contributed by atoms with E-state index in [9.17, 15) is 14.7 Å². The number of ketones is 1. The Hall–Kier alpha value is -4.32. The number of nitrogens with zero attached hydrogens (tertiary/aromatic N) is 1. The van der Waals surface area contributed by atoms with Crippen LogP contribution in [0.15, 0.2) is 78.5 Å². The van der Waals surface area contributed by atoms with Crippen molar-refractivity contribution in [2.45, 2.75) is 45.6 Å². The number of fused-ring (bicyclic) bond motifs is 1. The number of hydrogen-bond donors (Lipinski definition) is 2. The van der Waals surface area contributed by atoms with E-state index in [1.54, 1.807) is 24.1 Å². The number of carbonyl (C=O) groups is 2. The largest absolute Gasteiger partial charge is 0.507 e. The van der Waals surface area contributed by atoms with Gasteiger partial charge in [-0.1, -0.05) is 74.9 Å². The summed E-state index contributed by atoms with van der Waals surface area (Å²) >= 11 is 0. The lowest BCUT2D eigenvalue weighted by molar-refractivity contribution is -0.139. The first kappa shape index (κ1) is 26.3.